The Morgan fingerprint density at radius 1 is 1.47 bits per heavy atom. The summed E-state index contributed by atoms with van der Waals surface area (Å²) in [6, 6.07) is 7.03. The van der Waals surface area contributed by atoms with E-state index in [0.717, 1.165) is 18.4 Å². The second-order valence-electron chi connectivity index (χ2n) is 5.62. The summed E-state index contributed by atoms with van der Waals surface area (Å²) in [5, 5.41) is 13.9. The van der Waals surface area contributed by atoms with E-state index in [9.17, 15) is 9.90 Å². The zero-order valence-electron chi connectivity index (χ0n) is 11.3. The van der Waals surface area contributed by atoms with Crippen molar-refractivity contribution in [3.05, 3.63) is 34.9 Å². The van der Waals surface area contributed by atoms with E-state index in [2.05, 4.69) is 5.32 Å². The lowest BCUT2D eigenvalue weighted by molar-refractivity contribution is -0.126. The molecule has 1 aromatic carbocycles. The average molecular weight is 282 g/mol. The number of aliphatic hydroxyl groups is 1. The maximum absolute atomic E-state index is 11.9. The van der Waals surface area contributed by atoms with Gasteiger partial charge in [-0.3, -0.25) is 4.79 Å². The number of rotatable bonds is 5. The van der Waals surface area contributed by atoms with Crippen molar-refractivity contribution in [3.63, 3.8) is 0 Å². The zero-order chi connectivity index (χ0) is 14.0. The number of amides is 1. The molecule has 0 aliphatic heterocycles. The van der Waals surface area contributed by atoms with Gasteiger partial charge in [0.25, 0.3) is 0 Å². The first-order chi connectivity index (χ1) is 8.90. The van der Waals surface area contributed by atoms with Crippen LogP contribution in [0.5, 0.6) is 0 Å². The van der Waals surface area contributed by atoms with E-state index in [1.807, 2.05) is 6.92 Å². The number of carbonyl (C=O) groups excluding carboxylic acids is 1. The largest absolute Gasteiger partial charge is 0.384 e. The predicted molar refractivity (Wildman–Crippen MR) is 75.9 cm³/mol. The molecule has 19 heavy (non-hydrogen) atoms. The van der Waals surface area contributed by atoms with Crippen molar-refractivity contribution >= 4 is 17.5 Å². The third kappa shape index (κ3) is 3.71. The van der Waals surface area contributed by atoms with Crippen LogP contribution in [0.15, 0.2) is 24.3 Å². The minimum atomic E-state index is -1.08. The molecule has 0 bridgehead atoms. The van der Waals surface area contributed by atoms with Crippen LogP contribution >= 0.6 is 11.6 Å². The molecule has 1 saturated carbocycles. The molecule has 104 valence electrons. The van der Waals surface area contributed by atoms with Crippen LogP contribution < -0.4 is 5.32 Å². The van der Waals surface area contributed by atoms with Crippen molar-refractivity contribution in [2.45, 2.75) is 32.3 Å². The molecular formula is C15H20ClNO2. The van der Waals surface area contributed by atoms with E-state index in [1.54, 1.807) is 31.2 Å². The van der Waals surface area contributed by atoms with Crippen molar-refractivity contribution in [2.24, 2.45) is 11.8 Å². The smallest absolute Gasteiger partial charge is 0.223 e. The van der Waals surface area contributed by atoms with Gasteiger partial charge >= 0.3 is 0 Å². The van der Waals surface area contributed by atoms with Gasteiger partial charge in [0.2, 0.25) is 5.91 Å². The lowest BCUT2D eigenvalue weighted by atomic mass is 9.95. The molecule has 0 radical (unpaired) electrons. The Bertz CT molecular complexity index is 452. The Labute approximate surface area is 119 Å². The molecule has 0 spiro atoms. The first kappa shape index (κ1) is 14.4. The van der Waals surface area contributed by atoms with Crippen LogP contribution in [0.4, 0.5) is 0 Å². The van der Waals surface area contributed by atoms with E-state index in [1.165, 1.54) is 0 Å². The van der Waals surface area contributed by atoms with Gasteiger partial charge in [-0.2, -0.15) is 0 Å². The lowest BCUT2D eigenvalue weighted by Gasteiger charge is -2.25. The van der Waals surface area contributed by atoms with E-state index in [0.29, 0.717) is 10.9 Å². The molecule has 0 heterocycles. The normalized spacial score (nSPS) is 19.6. The zero-order valence-corrected chi connectivity index (χ0v) is 12.1. The van der Waals surface area contributed by atoms with Crippen LogP contribution in [-0.2, 0) is 10.4 Å². The maximum Gasteiger partial charge on any atom is 0.223 e. The fourth-order valence-electron chi connectivity index (χ4n) is 2.14. The van der Waals surface area contributed by atoms with Gasteiger partial charge in [-0.15, -0.1) is 0 Å². The lowest BCUT2D eigenvalue weighted by Crippen LogP contribution is -2.41. The van der Waals surface area contributed by atoms with Crippen molar-refractivity contribution in [1.82, 2.24) is 5.32 Å². The molecule has 1 amide bonds. The second kappa shape index (κ2) is 5.51. The van der Waals surface area contributed by atoms with Gasteiger partial charge in [-0.1, -0.05) is 30.7 Å². The van der Waals surface area contributed by atoms with Crippen molar-refractivity contribution in [1.29, 1.82) is 0 Å². The number of hydrogen-bond donors (Lipinski definition) is 2. The molecule has 1 aliphatic carbocycles. The number of nitrogens with one attached hydrogen (secondary N) is 1. The van der Waals surface area contributed by atoms with Gasteiger partial charge in [-0.05, 0) is 43.4 Å². The average Bonchev–Trinajstić information content (AvgIpc) is 3.20. The molecule has 2 atom stereocenters. The first-order valence-electron chi connectivity index (χ1n) is 6.66. The van der Waals surface area contributed by atoms with E-state index in [4.69, 9.17) is 11.6 Å². The van der Waals surface area contributed by atoms with E-state index in [-0.39, 0.29) is 18.4 Å². The van der Waals surface area contributed by atoms with E-state index >= 15 is 0 Å². The highest BCUT2D eigenvalue weighted by molar-refractivity contribution is 6.30. The molecular weight excluding hydrogens is 262 g/mol. The van der Waals surface area contributed by atoms with Gasteiger partial charge in [0.05, 0.1) is 6.54 Å². The number of benzene rings is 1. The molecule has 1 aromatic rings. The maximum atomic E-state index is 11.9. The molecule has 2 rings (SSSR count). The summed E-state index contributed by atoms with van der Waals surface area (Å²) in [6.45, 7) is 3.85. The minimum Gasteiger partial charge on any atom is -0.384 e. The molecule has 1 aliphatic rings. The fourth-order valence-corrected chi connectivity index (χ4v) is 2.27. The number of carbonyl (C=O) groups is 1. The molecule has 1 fully saturated rings. The van der Waals surface area contributed by atoms with Crippen LogP contribution in [0.2, 0.25) is 5.02 Å². The highest BCUT2D eigenvalue weighted by Crippen LogP contribution is 2.36. The molecule has 2 unspecified atom stereocenters. The Morgan fingerprint density at radius 2 is 2.05 bits per heavy atom. The minimum absolute atomic E-state index is 0.0248. The summed E-state index contributed by atoms with van der Waals surface area (Å²) >= 11 is 5.82. The van der Waals surface area contributed by atoms with Crippen LogP contribution in [-0.4, -0.2) is 17.6 Å². The topological polar surface area (TPSA) is 49.3 Å². The van der Waals surface area contributed by atoms with E-state index < -0.39 is 5.60 Å². The third-order valence-corrected chi connectivity index (χ3v) is 4.07. The summed E-state index contributed by atoms with van der Waals surface area (Å²) in [7, 11) is 0. The fraction of sp³-hybridized carbons (Fsp3) is 0.533. The summed E-state index contributed by atoms with van der Waals surface area (Å²) in [5.74, 6) is 0.596. The molecule has 0 saturated heterocycles. The van der Waals surface area contributed by atoms with Crippen LogP contribution in [0.3, 0.4) is 0 Å². The Morgan fingerprint density at radius 3 is 2.58 bits per heavy atom. The third-order valence-electron chi connectivity index (χ3n) is 3.82. The summed E-state index contributed by atoms with van der Waals surface area (Å²) < 4.78 is 0. The van der Waals surface area contributed by atoms with Crippen molar-refractivity contribution in [3.8, 4) is 0 Å². The number of hydrogen-bond acceptors (Lipinski definition) is 2. The van der Waals surface area contributed by atoms with Gasteiger partial charge in [0, 0.05) is 10.9 Å². The van der Waals surface area contributed by atoms with Gasteiger partial charge in [-0.25, -0.2) is 0 Å². The van der Waals surface area contributed by atoms with Gasteiger partial charge in [0.1, 0.15) is 5.60 Å². The standard InChI is InChI=1S/C15H20ClNO2/c1-10(11-3-4-11)14(18)17-9-15(2,19)12-5-7-13(16)8-6-12/h5-8,10-11,19H,3-4,9H2,1-2H3,(H,17,18). The highest BCUT2D eigenvalue weighted by Gasteiger charge is 2.33. The van der Waals surface area contributed by atoms with Crippen LogP contribution in [0, 0.1) is 11.8 Å². The SMILES string of the molecule is CC(C(=O)NCC(C)(O)c1ccc(Cl)cc1)C1CC1. The van der Waals surface area contributed by atoms with Gasteiger partial charge < -0.3 is 10.4 Å². The van der Waals surface area contributed by atoms with Crippen LogP contribution in [0.25, 0.3) is 0 Å². The highest BCUT2D eigenvalue weighted by atomic mass is 35.5. The molecule has 4 heteroatoms. The molecule has 2 N–H and O–H groups in total. The monoisotopic (exact) mass is 281 g/mol. The second-order valence-corrected chi connectivity index (χ2v) is 6.06. The van der Waals surface area contributed by atoms with Crippen molar-refractivity contribution < 1.29 is 9.90 Å². The Hall–Kier alpha value is -1.06. The Kier molecular flexibility index (Phi) is 4.16. The summed E-state index contributed by atoms with van der Waals surface area (Å²) in [6.07, 6.45) is 2.28. The number of halogens is 1. The first-order valence-corrected chi connectivity index (χ1v) is 7.04. The predicted octanol–water partition coefficient (Wildman–Crippen LogP) is 2.71. The van der Waals surface area contributed by atoms with Gasteiger partial charge in [0.15, 0.2) is 0 Å². The summed E-state index contributed by atoms with van der Waals surface area (Å²) in [4.78, 5) is 11.9. The molecule has 3 nitrogen and oxygen atoms in total. The van der Waals surface area contributed by atoms with Crippen molar-refractivity contribution in [2.75, 3.05) is 6.54 Å². The Balaban J connectivity index is 1.93. The molecule has 0 aromatic heterocycles. The van der Waals surface area contributed by atoms with Crippen LogP contribution in [0.1, 0.15) is 32.3 Å². The summed E-state index contributed by atoms with van der Waals surface area (Å²) in [5.41, 5.74) is -0.333. The quantitative estimate of drug-likeness (QED) is 0.872.